The highest BCUT2D eigenvalue weighted by atomic mass is 15.3. The van der Waals surface area contributed by atoms with Crippen molar-refractivity contribution in [1.82, 2.24) is 9.80 Å². The predicted octanol–water partition coefficient (Wildman–Crippen LogP) is 0.808. The summed E-state index contributed by atoms with van der Waals surface area (Å²) < 4.78 is 0. The van der Waals surface area contributed by atoms with E-state index in [0.29, 0.717) is 6.04 Å². The first kappa shape index (κ1) is 8.75. The van der Waals surface area contributed by atoms with Gasteiger partial charge < -0.3 is 9.80 Å². The summed E-state index contributed by atoms with van der Waals surface area (Å²) in [7, 11) is 4.38. The highest BCUT2D eigenvalue weighted by Gasteiger charge is 2.20. The van der Waals surface area contributed by atoms with E-state index < -0.39 is 0 Å². The van der Waals surface area contributed by atoms with E-state index >= 15 is 0 Å². The maximum absolute atomic E-state index is 3.77. The van der Waals surface area contributed by atoms with Crippen LogP contribution >= 0.6 is 0 Å². The maximum atomic E-state index is 3.77. The first-order valence-electron chi connectivity index (χ1n) is 4.23. The molecule has 0 radical (unpaired) electrons. The topological polar surface area (TPSA) is 6.48 Å². The molecule has 0 aromatic rings. The normalized spacial score (nSPS) is 28.7. The predicted molar refractivity (Wildman–Crippen MR) is 48.7 cm³/mol. The minimum absolute atomic E-state index is 0.686. The van der Waals surface area contributed by atoms with Crippen molar-refractivity contribution in [2.45, 2.75) is 12.5 Å². The molecule has 1 fully saturated rings. The molecule has 11 heavy (non-hydrogen) atoms. The molecular formula is C9H18N2. The standard InChI is InChI=1S/C9H18N2/c1-4-5-9-8-10(2)6-7-11(9)3/h4,9H,1,5-8H2,2-3H3. The first-order valence-corrected chi connectivity index (χ1v) is 4.23. The SMILES string of the molecule is C=CCC1CN(C)CCN1C. The van der Waals surface area contributed by atoms with E-state index in [9.17, 15) is 0 Å². The zero-order valence-electron chi connectivity index (χ0n) is 7.58. The Balaban J connectivity index is 2.40. The third-order valence-electron chi connectivity index (χ3n) is 2.42. The summed E-state index contributed by atoms with van der Waals surface area (Å²) in [4.78, 5) is 4.80. The van der Waals surface area contributed by atoms with E-state index in [1.54, 1.807) is 0 Å². The fourth-order valence-corrected chi connectivity index (χ4v) is 1.55. The Morgan fingerprint density at radius 3 is 2.82 bits per heavy atom. The minimum atomic E-state index is 0.686. The van der Waals surface area contributed by atoms with E-state index in [1.807, 2.05) is 6.08 Å². The van der Waals surface area contributed by atoms with Crippen LogP contribution in [-0.2, 0) is 0 Å². The van der Waals surface area contributed by atoms with Crippen LogP contribution in [0.1, 0.15) is 6.42 Å². The zero-order chi connectivity index (χ0) is 8.27. The summed E-state index contributed by atoms with van der Waals surface area (Å²) in [5, 5.41) is 0. The molecule has 0 saturated carbocycles. The van der Waals surface area contributed by atoms with Gasteiger partial charge in [0.15, 0.2) is 0 Å². The van der Waals surface area contributed by atoms with Gasteiger partial charge in [-0.15, -0.1) is 6.58 Å². The summed E-state index contributed by atoms with van der Waals surface area (Å²) in [5.41, 5.74) is 0. The Bertz CT molecular complexity index is 134. The molecule has 0 amide bonds. The van der Waals surface area contributed by atoms with Crippen LogP contribution in [0.4, 0.5) is 0 Å². The molecule has 1 unspecified atom stereocenters. The molecule has 64 valence electrons. The molecular weight excluding hydrogens is 136 g/mol. The lowest BCUT2D eigenvalue weighted by Crippen LogP contribution is -2.49. The first-order chi connectivity index (χ1) is 5.24. The van der Waals surface area contributed by atoms with Crippen LogP contribution in [0, 0.1) is 0 Å². The molecule has 2 heteroatoms. The van der Waals surface area contributed by atoms with E-state index in [4.69, 9.17) is 0 Å². The number of piperazine rings is 1. The second-order valence-electron chi connectivity index (χ2n) is 3.42. The molecule has 1 heterocycles. The van der Waals surface area contributed by atoms with Crippen LogP contribution in [0.2, 0.25) is 0 Å². The summed E-state index contributed by atoms with van der Waals surface area (Å²) in [6.07, 6.45) is 3.13. The Kier molecular flexibility index (Phi) is 3.09. The number of hydrogen-bond acceptors (Lipinski definition) is 2. The van der Waals surface area contributed by atoms with Crippen molar-refractivity contribution in [2.24, 2.45) is 0 Å². The molecule has 0 aromatic carbocycles. The lowest BCUT2D eigenvalue weighted by Gasteiger charge is -2.37. The van der Waals surface area contributed by atoms with Crippen LogP contribution in [0.15, 0.2) is 12.7 Å². The molecule has 0 bridgehead atoms. The third kappa shape index (κ3) is 2.31. The third-order valence-corrected chi connectivity index (χ3v) is 2.42. The fraction of sp³-hybridized carbons (Fsp3) is 0.778. The summed E-state index contributed by atoms with van der Waals surface area (Å²) in [5.74, 6) is 0. The second kappa shape index (κ2) is 3.88. The lowest BCUT2D eigenvalue weighted by atomic mass is 10.1. The van der Waals surface area contributed by atoms with Gasteiger partial charge in [-0.2, -0.15) is 0 Å². The molecule has 1 rings (SSSR count). The number of hydrogen-bond donors (Lipinski definition) is 0. The van der Waals surface area contributed by atoms with Gasteiger partial charge in [0.05, 0.1) is 0 Å². The van der Waals surface area contributed by atoms with Crippen LogP contribution < -0.4 is 0 Å². The van der Waals surface area contributed by atoms with Crippen molar-refractivity contribution in [3.63, 3.8) is 0 Å². The zero-order valence-corrected chi connectivity index (χ0v) is 7.58. The van der Waals surface area contributed by atoms with Gasteiger partial charge in [0, 0.05) is 25.7 Å². The number of rotatable bonds is 2. The molecule has 0 N–H and O–H groups in total. The largest absolute Gasteiger partial charge is 0.304 e. The van der Waals surface area contributed by atoms with Gasteiger partial charge in [0.25, 0.3) is 0 Å². The molecule has 1 saturated heterocycles. The molecule has 1 aliphatic rings. The highest BCUT2D eigenvalue weighted by Crippen LogP contribution is 2.09. The van der Waals surface area contributed by atoms with Crippen LogP contribution in [-0.4, -0.2) is 49.6 Å². The Morgan fingerprint density at radius 1 is 1.45 bits per heavy atom. The molecule has 2 nitrogen and oxygen atoms in total. The Labute approximate surface area is 69.5 Å². The molecule has 1 atom stereocenters. The number of nitrogens with zero attached hydrogens (tertiary/aromatic N) is 2. The Morgan fingerprint density at radius 2 is 2.18 bits per heavy atom. The lowest BCUT2D eigenvalue weighted by molar-refractivity contribution is 0.116. The molecule has 0 aromatic heterocycles. The quantitative estimate of drug-likeness (QED) is 0.543. The van der Waals surface area contributed by atoms with Crippen molar-refractivity contribution in [3.05, 3.63) is 12.7 Å². The molecule has 1 aliphatic heterocycles. The van der Waals surface area contributed by atoms with Crippen molar-refractivity contribution in [1.29, 1.82) is 0 Å². The van der Waals surface area contributed by atoms with Gasteiger partial charge in [-0.05, 0) is 20.5 Å². The van der Waals surface area contributed by atoms with Gasteiger partial charge in [0.1, 0.15) is 0 Å². The van der Waals surface area contributed by atoms with Crippen LogP contribution in [0.25, 0.3) is 0 Å². The monoisotopic (exact) mass is 154 g/mol. The van der Waals surface area contributed by atoms with Gasteiger partial charge >= 0.3 is 0 Å². The molecule has 0 spiro atoms. The summed E-state index contributed by atoms with van der Waals surface area (Å²) >= 11 is 0. The van der Waals surface area contributed by atoms with E-state index in [0.717, 1.165) is 6.42 Å². The van der Waals surface area contributed by atoms with Crippen LogP contribution in [0.5, 0.6) is 0 Å². The second-order valence-corrected chi connectivity index (χ2v) is 3.42. The summed E-state index contributed by atoms with van der Waals surface area (Å²) in [6, 6.07) is 0.686. The summed E-state index contributed by atoms with van der Waals surface area (Å²) in [6.45, 7) is 7.34. The van der Waals surface area contributed by atoms with E-state index in [2.05, 4.69) is 30.5 Å². The highest BCUT2D eigenvalue weighted by molar-refractivity contribution is 4.84. The van der Waals surface area contributed by atoms with Gasteiger partial charge in [0.2, 0.25) is 0 Å². The van der Waals surface area contributed by atoms with Crippen molar-refractivity contribution in [2.75, 3.05) is 33.7 Å². The van der Waals surface area contributed by atoms with E-state index in [1.165, 1.54) is 19.6 Å². The van der Waals surface area contributed by atoms with Crippen LogP contribution in [0.3, 0.4) is 0 Å². The van der Waals surface area contributed by atoms with Gasteiger partial charge in [-0.1, -0.05) is 6.08 Å². The van der Waals surface area contributed by atoms with E-state index in [-0.39, 0.29) is 0 Å². The average Bonchev–Trinajstić information content (AvgIpc) is 1.98. The Hall–Kier alpha value is -0.340. The fourth-order valence-electron chi connectivity index (χ4n) is 1.55. The van der Waals surface area contributed by atoms with Crippen molar-refractivity contribution in [3.8, 4) is 0 Å². The average molecular weight is 154 g/mol. The van der Waals surface area contributed by atoms with Crippen molar-refractivity contribution < 1.29 is 0 Å². The van der Waals surface area contributed by atoms with Crippen molar-refractivity contribution >= 4 is 0 Å². The molecule has 0 aliphatic carbocycles. The smallest absolute Gasteiger partial charge is 0.0254 e. The number of likely N-dealkylation sites (N-methyl/N-ethyl adjacent to an activating group) is 2. The maximum Gasteiger partial charge on any atom is 0.0254 e. The van der Waals surface area contributed by atoms with Gasteiger partial charge in [-0.25, -0.2) is 0 Å². The van der Waals surface area contributed by atoms with Gasteiger partial charge in [-0.3, -0.25) is 0 Å². The minimum Gasteiger partial charge on any atom is -0.304 e.